The van der Waals surface area contributed by atoms with Crippen molar-refractivity contribution in [1.82, 2.24) is 15.0 Å². The molecule has 0 atom stereocenters. The fraction of sp³-hybridized carbons (Fsp3) is 0.0476. The van der Waals surface area contributed by atoms with Crippen LogP contribution < -0.4 is 5.73 Å². The van der Waals surface area contributed by atoms with Gasteiger partial charge in [-0.1, -0.05) is 35.5 Å². The summed E-state index contributed by atoms with van der Waals surface area (Å²) in [6, 6.07) is 16.1. The molecule has 2 heterocycles. The molecule has 30 heavy (non-hydrogen) atoms. The van der Waals surface area contributed by atoms with E-state index in [2.05, 4.69) is 21.0 Å². The second-order valence-electron chi connectivity index (χ2n) is 6.21. The second-order valence-corrected chi connectivity index (χ2v) is 8.45. The highest BCUT2D eigenvalue weighted by Crippen LogP contribution is 2.31. The van der Waals surface area contributed by atoms with Gasteiger partial charge in [0.1, 0.15) is 28.2 Å². The first-order valence-corrected chi connectivity index (χ1v) is 11.0. The number of anilines is 1. The molecule has 0 aliphatic rings. The van der Waals surface area contributed by atoms with Gasteiger partial charge in [0.25, 0.3) is 0 Å². The zero-order valence-corrected chi connectivity index (χ0v) is 17.8. The summed E-state index contributed by atoms with van der Waals surface area (Å²) in [6.07, 6.45) is 0. The summed E-state index contributed by atoms with van der Waals surface area (Å²) < 4.78 is 0. The van der Waals surface area contributed by atoms with Crippen molar-refractivity contribution < 1.29 is 5.11 Å². The van der Waals surface area contributed by atoms with Crippen LogP contribution in [0, 0.1) is 11.3 Å². The number of nitrogens with zero attached hydrogens (tertiary/aromatic N) is 4. The van der Waals surface area contributed by atoms with Gasteiger partial charge in [0, 0.05) is 27.3 Å². The van der Waals surface area contributed by atoms with E-state index in [9.17, 15) is 10.4 Å². The van der Waals surface area contributed by atoms with E-state index in [1.807, 2.05) is 29.6 Å². The van der Waals surface area contributed by atoms with Crippen LogP contribution in [-0.4, -0.2) is 20.1 Å². The molecule has 0 aliphatic heterocycles. The molecule has 0 unspecified atom stereocenters. The number of thiazole rings is 1. The fourth-order valence-electron chi connectivity index (χ4n) is 2.70. The first-order valence-electron chi connectivity index (χ1n) is 8.73. The Morgan fingerprint density at radius 1 is 1.03 bits per heavy atom. The fourth-order valence-corrected chi connectivity index (χ4v) is 4.50. The molecule has 4 rings (SSSR count). The molecule has 0 amide bonds. The molecule has 0 saturated carbocycles. The summed E-state index contributed by atoms with van der Waals surface area (Å²) in [5.74, 6) is 0.817. The van der Waals surface area contributed by atoms with Crippen LogP contribution >= 0.6 is 34.7 Å². The normalized spacial score (nSPS) is 10.7. The number of hydrogen-bond acceptors (Lipinski definition) is 8. The number of aromatic nitrogens is 3. The van der Waals surface area contributed by atoms with Gasteiger partial charge in [-0.15, -0.1) is 11.3 Å². The molecule has 0 radical (unpaired) electrons. The predicted octanol–water partition coefficient (Wildman–Crippen LogP) is 5.37. The van der Waals surface area contributed by atoms with Gasteiger partial charge >= 0.3 is 0 Å². The van der Waals surface area contributed by atoms with Crippen LogP contribution in [0.1, 0.15) is 11.3 Å². The lowest BCUT2D eigenvalue weighted by Gasteiger charge is -2.08. The standard InChI is InChI=1S/C21H14ClN5OS2/c22-14-5-1-13(2-6-14)20-25-15(10-29-20)11-30-21-26-18(17(9-23)19(24)27-21)12-3-7-16(28)8-4-12/h1-8,10,28H,11H2,(H2,24,26,27). The second kappa shape index (κ2) is 8.71. The average Bonchev–Trinajstić information content (AvgIpc) is 3.22. The summed E-state index contributed by atoms with van der Waals surface area (Å²) in [5, 5.41) is 23.0. The van der Waals surface area contributed by atoms with E-state index in [-0.39, 0.29) is 17.1 Å². The highest BCUT2D eigenvalue weighted by atomic mass is 35.5. The van der Waals surface area contributed by atoms with Gasteiger partial charge in [0.2, 0.25) is 0 Å². The van der Waals surface area contributed by atoms with Gasteiger partial charge < -0.3 is 10.8 Å². The number of hydrogen-bond donors (Lipinski definition) is 2. The van der Waals surface area contributed by atoms with Crippen LogP contribution in [0.25, 0.3) is 21.8 Å². The third kappa shape index (κ3) is 4.39. The summed E-state index contributed by atoms with van der Waals surface area (Å²) >= 11 is 8.89. The van der Waals surface area contributed by atoms with Crippen molar-refractivity contribution in [2.75, 3.05) is 5.73 Å². The third-order valence-electron chi connectivity index (χ3n) is 4.16. The van der Waals surface area contributed by atoms with Crippen LogP contribution in [0.4, 0.5) is 5.82 Å². The van der Waals surface area contributed by atoms with E-state index in [0.717, 1.165) is 16.3 Å². The van der Waals surface area contributed by atoms with Gasteiger partial charge in [0.15, 0.2) is 5.16 Å². The Morgan fingerprint density at radius 2 is 1.73 bits per heavy atom. The minimum Gasteiger partial charge on any atom is -0.508 e. The Hall–Kier alpha value is -3.12. The molecule has 0 aliphatic carbocycles. The predicted molar refractivity (Wildman–Crippen MR) is 120 cm³/mol. The lowest BCUT2D eigenvalue weighted by Crippen LogP contribution is -2.02. The molecule has 2 aromatic heterocycles. The Balaban J connectivity index is 1.56. The molecular formula is C21H14ClN5OS2. The molecule has 0 fully saturated rings. The maximum atomic E-state index is 9.51. The van der Waals surface area contributed by atoms with E-state index in [1.165, 1.54) is 23.9 Å². The van der Waals surface area contributed by atoms with Crippen LogP contribution in [0.3, 0.4) is 0 Å². The van der Waals surface area contributed by atoms with Gasteiger partial charge in [-0.25, -0.2) is 15.0 Å². The van der Waals surface area contributed by atoms with Crippen LogP contribution in [0.15, 0.2) is 59.1 Å². The van der Waals surface area contributed by atoms with Crippen molar-refractivity contribution in [3.63, 3.8) is 0 Å². The number of nitrogen functional groups attached to an aromatic ring is 1. The molecule has 6 nitrogen and oxygen atoms in total. The lowest BCUT2D eigenvalue weighted by atomic mass is 10.1. The maximum absolute atomic E-state index is 9.51. The summed E-state index contributed by atoms with van der Waals surface area (Å²) in [7, 11) is 0. The highest BCUT2D eigenvalue weighted by molar-refractivity contribution is 7.98. The largest absolute Gasteiger partial charge is 0.508 e. The van der Waals surface area contributed by atoms with Crippen molar-refractivity contribution in [2.24, 2.45) is 0 Å². The number of thioether (sulfide) groups is 1. The molecule has 0 saturated heterocycles. The zero-order valence-electron chi connectivity index (χ0n) is 15.4. The Kier molecular flexibility index (Phi) is 5.86. The molecule has 148 valence electrons. The quantitative estimate of drug-likeness (QED) is 0.310. The van der Waals surface area contributed by atoms with E-state index in [4.69, 9.17) is 17.3 Å². The third-order valence-corrected chi connectivity index (χ3v) is 6.23. The van der Waals surface area contributed by atoms with Gasteiger partial charge in [0.05, 0.1) is 11.4 Å². The average molecular weight is 452 g/mol. The molecule has 0 spiro atoms. The summed E-state index contributed by atoms with van der Waals surface area (Å²) in [4.78, 5) is 13.4. The molecule has 4 aromatic rings. The van der Waals surface area contributed by atoms with Gasteiger partial charge in [-0.2, -0.15) is 5.26 Å². The molecule has 0 bridgehead atoms. The number of rotatable bonds is 5. The van der Waals surface area contributed by atoms with E-state index in [1.54, 1.807) is 23.5 Å². The van der Waals surface area contributed by atoms with Crippen LogP contribution in [0.5, 0.6) is 5.75 Å². The van der Waals surface area contributed by atoms with E-state index in [0.29, 0.717) is 27.2 Å². The van der Waals surface area contributed by atoms with Crippen molar-refractivity contribution in [3.05, 3.63) is 70.2 Å². The number of benzene rings is 2. The first-order chi connectivity index (χ1) is 14.5. The molecular weight excluding hydrogens is 438 g/mol. The monoisotopic (exact) mass is 451 g/mol. The number of nitrogens with two attached hydrogens (primary N) is 1. The first kappa shape index (κ1) is 20.2. The SMILES string of the molecule is N#Cc1c(N)nc(SCc2csc(-c3ccc(Cl)cc3)n2)nc1-c1ccc(O)cc1. The van der Waals surface area contributed by atoms with Gasteiger partial charge in [-0.3, -0.25) is 0 Å². The zero-order chi connectivity index (χ0) is 21.1. The summed E-state index contributed by atoms with van der Waals surface area (Å²) in [5.41, 5.74) is 9.23. The van der Waals surface area contributed by atoms with E-state index >= 15 is 0 Å². The lowest BCUT2D eigenvalue weighted by molar-refractivity contribution is 0.475. The number of nitriles is 1. The Labute approximate surface area is 186 Å². The maximum Gasteiger partial charge on any atom is 0.190 e. The minimum atomic E-state index is 0.123. The number of halogens is 1. The number of phenolic OH excluding ortho intramolecular Hbond substituents is 1. The van der Waals surface area contributed by atoms with Crippen LogP contribution in [-0.2, 0) is 5.75 Å². The van der Waals surface area contributed by atoms with Crippen LogP contribution in [0.2, 0.25) is 5.02 Å². The highest BCUT2D eigenvalue weighted by Gasteiger charge is 2.15. The molecule has 2 aromatic carbocycles. The van der Waals surface area contributed by atoms with Crippen molar-refractivity contribution in [3.8, 4) is 33.6 Å². The summed E-state index contributed by atoms with van der Waals surface area (Å²) in [6.45, 7) is 0. The topological polar surface area (TPSA) is 109 Å². The number of phenols is 1. The molecule has 9 heteroatoms. The number of aromatic hydroxyl groups is 1. The Morgan fingerprint density at radius 3 is 2.43 bits per heavy atom. The van der Waals surface area contributed by atoms with Gasteiger partial charge in [-0.05, 0) is 36.4 Å². The minimum absolute atomic E-state index is 0.123. The van der Waals surface area contributed by atoms with Crippen molar-refractivity contribution in [1.29, 1.82) is 5.26 Å². The molecule has 3 N–H and O–H groups in total. The Bertz CT molecular complexity index is 1230. The van der Waals surface area contributed by atoms with Crippen molar-refractivity contribution in [2.45, 2.75) is 10.9 Å². The van der Waals surface area contributed by atoms with E-state index < -0.39 is 0 Å². The smallest absolute Gasteiger partial charge is 0.190 e. The van der Waals surface area contributed by atoms with Crippen molar-refractivity contribution >= 4 is 40.5 Å².